The molecule has 7 heteroatoms. The minimum absolute atomic E-state index is 0.253. The topological polar surface area (TPSA) is 55.9 Å². The SMILES string of the molecule is CCn1ncc(Cl)c1C(NN)c1c(F)cccc1Cl. The molecule has 2 rings (SSSR count). The Morgan fingerprint density at radius 3 is 2.74 bits per heavy atom. The van der Waals surface area contributed by atoms with E-state index >= 15 is 0 Å². The fourth-order valence-electron chi connectivity index (χ4n) is 2.00. The highest BCUT2D eigenvalue weighted by molar-refractivity contribution is 6.32. The van der Waals surface area contributed by atoms with Gasteiger partial charge in [0.1, 0.15) is 5.82 Å². The summed E-state index contributed by atoms with van der Waals surface area (Å²) < 4.78 is 15.6. The van der Waals surface area contributed by atoms with Gasteiger partial charge in [0.2, 0.25) is 0 Å². The number of rotatable bonds is 4. The van der Waals surface area contributed by atoms with Crippen LogP contribution in [0.4, 0.5) is 4.39 Å². The molecule has 0 fully saturated rings. The van der Waals surface area contributed by atoms with Gasteiger partial charge < -0.3 is 0 Å². The molecule has 0 spiro atoms. The van der Waals surface area contributed by atoms with Crippen LogP contribution in [-0.2, 0) is 6.54 Å². The zero-order valence-corrected chi connectivity index (χ0v) is 11.7. The molecule has 0 aliphatic carbocycles. The number of aromatic nitrogens is 2. The van der Waals surface area contributed by atoms with Crippen LogP contribution in [0.3, 0.4) is 0 Å². The van der Waals surface area contributed by atoms with E-state index in [9.17, 15) is 4.39 Å². The number of hydrogen-bond donors (Lipinski definition) is 2. The minimum Gasteiger partial charge on any atom is -0.271 e. The number of halogens is 3. The summed E-state index contributed by atoms with van der Waals surface area (Å²) in [5.74, 6) is 5.10. The van der Waals surface area contributed by atoms with Crippen LogP contribution in [0.5, 0.6) is 0 Å². The highest BCUT2D eigenvalue weighted by Gasteiger charge is 2.25. The first-order chi connectivity index (χ1) is 9.10. The maximum Gasteiger partial charge on any atom is 0.129 e. The molecule has 0 amide bonds. The van der Waals surface area contributed by atoms with Crippen molar-refractivity contribution >= 4 is 23.2 Å². The van der Waals surface area contributed by atoms with Gasteiger partial charge in [-0.15, -0.1) is 0 Å². The number of nitrogens with zero attached hydrogens (tertiary/aromatic N) is 2. The summed E-state index contributed by atoms with van der Waals surface area (Å²) in [6.45, 7) is 2.50. The highest BCUT2D eigenvalue weighted by atomic mass is 35.5. The Morgan fingerprint density at radius 2 is 2.16 bits per heavy atom. The van der Waals surface area contributed by atoms with Gasteiger partial charge in [-0.3, -0.25) is 10.5 Å². The molecule has 0 aliphatic rings. The van der Waals surface area contributed by atoms with Crippen LogP contribution in [0.2, 0.25) is 10.0 Å². The van der Waals surface area contributed by atoms with Gasteiger partial charge in [0.15, 0.2) is 0 Å². The first-order valence-corrected chi connectivity index (χ1v) is 6.47. The lowest BCUT2D eigenvalue weighted by Crippen LogP contribution is -2.31. The van der Waals surface area contributed by atoms with E-state index in [4.69, 9.17) is 29.0 Å². The van der Waals surface area contributed by atoms with Crippen LogP contribution in [0.1, 0.15) is 24.2 Å². The first kappa shape index (κ1) is 14.3. The van der Waals surface area contributed by atoms with Crippen molar-refractivity contribution in [2.24, 2.45) is 5.84 Å². The van der Waals surface area contributed by atoms with Gasteiger partial charge in [0, 0.05) is 17.1 Å². The van der Waals surface area contributed by atoms with Gasteiger partial charge in [-0.1, -0.05) is 29.3 Å². The van der Waals surface area contributed by atoms with Crippen LogP contribution >= 0.6 is 23.2 Å². The predicted molar refractivity (Wildman–Crippen MR) is 73.5 cm³/mol. The fraction of sp³-hybridized carbons (Fsp3) is 0.250. The molecule has 1 heterocycles. The van der Waals surface area contributed by atoms with Crippen molar-refractivity contribution in [1.29, 1.82) is 0 Å². The van der Waals surface area contributed by atoms with E-state index in [1.165, 1.54) is 18.3 Å². The molecule has 0 saturated heterocycles. The Hall–Kier alpha value is -1.14. The number of hydrazine groups is 1. The molecule has 2 aromatic rings. The Bertz CT molecular complexity index is 565. The molecule has 1 unspecified atom stereocenters. The number of benzene rings is 1. The standard InChI is InChI=1S/C12H13Cl2FN4/c1-2-19-12(8(14)6-17-19)11(18-16)10-7(13)4-3-5-9(10)15/h3-6,11,18H,2,16H2,1H3. The largest absolute Gasteiger partial charge is 0.271 e. The zero-order chi connectivity index (χ0) is 14.0. The van der Waals surface area contributed by atoms with Gasteiger partial charge in [-0.25, -0.2) is 9.82 Å². The van der Waals surface area contributed by atoms with Crippen LogP contribution in [0.25, 0.3) is 0 Å². The molecule has 4 nitrogen and oxygen atoms in total. The summed E-state index contributed by atoms with van der Waals surface area (Å²) >= 11 is 12.2. The molecular weight excluding hydrogens is 290 g/mol. The molecule has 0 aliphatic heterocycles. The Balaban J connectivity index is 2.59. The molecule has 0 radical (unpaired) electrons. The molecule has 1 aromatic carbocycles. The van der Waals surface area contributed by atoms with Gasteiger partial charge >= 0.3 is 0 Å². The number of nitrogens with two attached hydrogens (primary N) is 1. The average Bonchev–Trinajstić information content (AvgIpc) is 2.75. The van der Waals surface area contributed by atoms with Crippen LogP contribution in [0.15, 0.2) is 24.4 Å². The smallest absolute Gasteiger partial charge is 0.129 e. The second-order valence-corrected chi connectivity index (χ2v) is 4.74. The van der Waals surface area contributed by atoms with Crippen LogP contribution in [-0.4, -0.2) is 9.78 Å². The van der Waals surface area contributed by atoms with Gasteiger partial charge in [0.25, 0.3) is 0 Å². The summed E-state index contributed by atoms with van der Waals surface area (Å²) in [5, 5.41) is 4.80. The summed E-state index contributed by atoms with van der Waals surface area (Å²) in [6.07, 6.45) is 1.50. The highest BCUT2D eigenvalue weighted by Crippen LogP contribution is 2.33. The Kier molecular flexibility index (Phi) is 4.42. The van der Waals surface area contributed by atoms with Crippen molar-refractivity contribution in [2.75, 3.05) is 0 Å². The molecule has 3 N–H and O–H groups in total. The van der Waals surface area contributed by atoms with Gasteiger partial charge in [-0.05, 0) is 19.1 Å². The lowest BCUT2D eigenvalue weighted by Gasteiger charge is -2.20. The van der Waals surface area contributed by atoms with Crippen molar-refractivity contribution in [3.8, 4) is 0 Å². The average molecular weight is 303 g/mol. The van der Waals surface area contributed by atoms with Crippen molar-refractivity contribution in [3.05, 3.63) is 51.5 Å². The van der Waals surface area contributed by atoms with E-state index in [0.717, 1.165) is 0 Å². The number of aryl methyl sites for hydroxylation is 1. The Morgan fingerprint density at radius 1 is 1.42 bits per heavy atom. The molecule has 0 bridgehead atoms. The Labute approximate surface area is 120 Å². The summed E-state index contributed by atoms with van der Waals surface area (Å²) in [7, 11) is 0. The molecule has 1 aromatic heterocycles. The van der Waals surface area contributed by atoms with Gasteiger partial charge in [0.05, 0.1) is 23.0 Å². The van der Waals surface area contributed by atoms with E-state index in [1.807, 2.05) is 6.92 Å². The van der Waals surface area contributed by atoms with E-state index in [1.54, 1.807) is 10.7 Å². The summed E-state index contributed by atoms with van der Waals surface area (Å²) in [6, 6.07) is 3.80. The third-order valence-electron chi connectivity index (χ3n) is 2.86. The van der Waals surface area contributed by atoms with Crippen molar-refractivity contribution in [3.63, 3.8) is 0 Å². The quantitative estimate of drug-likeness (QED) is 0.674. The third-order valence-corrected chi connectivity index (χ3v) is 3.48. The molecule has 19 heavy (non-hydrogen) atoms. The normalized spacial score (nSPS) is 12.7. The minimum atomic E-state index is -0.663. The summed E-state index contributed by atoms with van der Waals surface area (Å²) in [5.41, 5.74) is 3.38. The third kappa shape index (κ3) is 2.60. The molecule has 102 valence electrons. The second-order valence-electron chi connectivity index (χ2n) is 3.93. The second kappa shape index (κ2) is 5.88. The van der Waals surface area contributed by atoms with E-state index < -0.39 is 11.9 Å². The van der Waals surface area contributed by atoms with Crippen LogP contribution < -0.4 is 11.3 Å². The van der Waals surface area contributed by atoms with Crippen LogP contribution in [0, 0.1) is 5.82 Å². The molecule has 0 saturated carbocycles. The monoisotopic (exact) mass is 302 g/mol. The molecular formula is C12H13Cl2FN4. The van der Waals surface area contributed by atoms with E-state index in [2.05, 4.69) is 10.5 Å². The predicted octanol–water partition coefficient (Wildman–Crippen LogP) is 2.90. The number of hydrogen-bond acceptors (Lipinski definition) is 3. The number of nitrogens with one attached hydrogen (secondary N) is 1. The van der Waals surface area contributed by atoms with E-state index in [0.29, 0.717) is 17.3 Å². The summed E-state index contributed by atoms with van der Waals surface area (Å²) in [4.78, 5) is 0. The molecule has 1 atom stereocenters. The van der Waals surface area contributed by atoms with Gasteiger partial charge in [-0.2, -0.15) is 5.10 Å². The maximum absolute atomic E-state index is 14.0. The first-order valence-electron chi connectivity index (χ1n) is 5.71. The van der Waals surface area contributed by atoms with Crippen molar-refractivity contribution in [2.45, 2.75) is 19.5 Å². The van der Waals surface area contributed by atoms with Crippen molar-refractivity contribution < 1.29 is 4.39 Å². The zero-order valence-electron chi connectivity index (χ0n) is 10.2. The van der Waals surface area contributed by atoms with E-state index in [-0.39, 0.29) is 10.6 Å². The van der Waals surface area contributed by atoms with Crippen molar-refractivity contribution in [1.82, 2.24) is 15.2 Å². The lowest BCUT2D eigenvalue weighted by molar-refractivity contribution is 0.516. The maximum atomic E-state index is 14.0. The fourth-order valence-corrected chi connectivity index (χ4v) is 2.52. The lowest BCUT2D eigenvalue weighted by atomic mass is 10.0.